The SMILES string of the molecule is CCOC=O.Cc1c(NC(=O)CCN2CCC(C)CC2)sc2c1CCC(C)C2. The maximum Gasteiger partial charge on any atom is 0.293 e. The summed E-state index contributed by atoms with van der Waals surface area (Å²) in [5.74, 6) is 1.81. The zero-order chi connectivity index (χ0) is 20.5. The highest BCUT2D eigenvalue weighted by Crippen LogP contribution is 2.39. The highest BCUT2D eigenvalue weighted by molar-refractivity contribution is 7.16. The number of rotatable bonds is 6. The smallest absolute Gasteiger partial charge is 0.293 e. The Hall–Kier alpha value is -1.40. The lowest BCUT2D eigenvalue weighted by molar-refractivity contribution is -0.128. The molecule has 3 rings (SSSR count). The fourth-order valence-corrected chi connectivity index (χ4v) is 5.26. The van der Waals surface area contributed by atoms with Crippen LogP contribution in [0, 0.1) is 18.8 Å². The third-order valence-electron chi connectivity index (χ3n) is 5.80. The summed E-state index contributed by atoms with van der Waals surface area (Å²) >= 11 is 1.81. The van der Waals surface area contributed by atoms with Crippen molar-refractivity contribution in [2.75, 3.05) is 31.6 Å². The second-order valence-electron chi connectivity index (χ2n) is 8.18. The third-order valence-corrected chi connectivity index (χ3v) is 7.07. The van der Waals surface area contributed by atoms with Gasteiger partial charge in [-0.15, -0.1) is 11.3 Å². The number of amides is 1. The number of thiophene rings is 1. The number of anilines is 1. The van der Waals surface area contributed by atoms with E-state index in [-0.39, 0.29) is 5.91 Å². The van der Waals surface area contributed by atoms with Gasteiger partial charge >= 0.3 is 0 Å². The van der Waals surface area contributed by atoms with Crippen molar-refractivity contribution in [1.29, 1.82) is 0 Å². The number of likely N-dealkylation sites (tertiary alicyclic amines) is 1. The molecular weight excluding hydrogens is 372 g/mol. The summed E-state index contributed by atoms with van der Waals surface area (Å²) in [6.45, 7) is 12.7. The lowest BCUT2D eigenvalue weighted by atomic mass is 9.89. The zero-order valence-electron chi connectivity index (χ0n) is 17.9. The van der Waals surface area contributed by atoms with Gasteiger partial charge in [0.15, 0.2) is 0 Å². The van der Waals surface area contributed by atoms with E-state index < -0.39 is 0 Å². The van der Waals surface area contributed by atoms with Gasteiger partial charge in [-0.25, -0.2) is 0 Å². The molecular formula is C22H36N2O3S. The first-order chi connectivity index (χ1) is 13.4. The van der Waals surface area contributed by atoms with E-state index in [2.05, 4.69) is 35.7 Å². The Balaban J connectivity index is 0.000000500. The molecule has 1 amide bonds. The van der Waals surface area contributed by atoms with Crippen molar-refractivity contribution < 1.29 is 14.3 Å². The van der Waals surface area contributed by atoms with E-state index in [0.717, 1.165) is 36.5 Å². The van der Waals surface area contributed by atoms with Crippen molar-refractivity contribution in [2.45, 2.75) is 66.2 Å². The predicted octanol–water partition coefficient (Wildman–Crippen LogP) is 4.42. The van der Waals surface area contributed by atoms with Gasteiger partial charge in [-0.2, -0.15) is 0 Å². The van der Waals surface area contributed by atoms with Crippen LogP contribution in [0.1, 0.15) is 62.5 Å². The summed E-state index contributed by atoms with van der Waals surface area (Å²) in [6.07, 6.45) is 6.81. The lowest BCUT2D eigenvalue weighted by Gasteiger charge is -2.29. The molecule has 28 heavy (non-hydrogen) atoms. The van der Waals surface area contributed by atoms with Crippen LogP contribution in [0.3, 0.4) is 0 Å². The molecule has 5 nitrogen and oxygen atoms in total. The van der Waals surface area contributed by atoms with Crippen molar-refractivity contribution in [2.24, 2.45) is 11.8 Å². The maximum absolute atomic E-state index is 12.3. The number of carbonyl (C=O) groups is 2. The molecule has 1 aromatic heterocycles. The first-order valence-corrected chi connectivity index (χ1v) is 11.4. The van der Waals surface area contributed by atoms with E-state index in [0.29, 0.717) is 19.5 Å². The van der Waals surface area contributed by atoms with Gasteiger partial charge in [-0.05, 0) is 82.0 Å². The molecule has 1 aromatic rings. The Morgan fingerprint density at radius 1 is 1.25 bits per heavy atom. The fraction of sp³-hybridized carbons (Fsp3) is 0.727. The van der Waals surface area contributed by atoms with E-state index in [9.17, 15) is 9.59 Å². The third kappa shape index (κ3) is 6.89. The van der Waals surface area contributed by atoms with E-state index in [1.165, 1.54) is 48.1 Å². The summed E-state index contributed by atoms with van der Waals surface area (Å²) in [5.41, 5.74) is 2.82. The van der Waals surface area contributed by atoms with Gasteiger partial charge < -0.3 is 15.0 Å². The van der Waals surface area contributed by atoms with E-state index in [1.54, 1.807) is 6.92 Å². The summed E-state index contributed by atoms with van der Waals surface area (Å²) in [7, 11) is 0. The molecule has 1 unspecified atom stereocenters. The summed E-state index contributed by atoms with van der Waals surface area (Å²) < 4.78 is 4.15. The summed E-state index contributed by atoms with van der Waals surface area (Å²) in [5, 5.41) is 4.28. The summed E-state index contributed by atoms with van der Waals surface area (Å²) in [4.78, 5) is 25.4. The van der Waals surface area contributed by atoms with Crippen LogP contribution in [0.15, 0.2) is 0 Å². The van der Waals surface area contributed by atoms with E-state index >= 15 is 0 Å². The Bertz CT molecular complexity index is 636. The number of hydrogen-bond acceptors (Lipinski definition) is 5. The molecule has 0 spiro atoms. The first kappa shape index (κ1) is 22.9. The topological polar surface area (TPSA) is 58.6 Å². The molecule has 1 aliphatic heterocycles. The minimum atomic E-state index is 0.179. The van der Waals surface area contributed by atoms with Crippen molar-refractivity contribution in [3.63, 3.8) is 0 Å². The van der Waals surface area contributed by atoms with Crippen molar-refractivity contribution in [1.82, 2.24) is 4.90 Å². The van der Waals surface area contributed by atoms with Gasteiger partial charge in [0.1, 0.15) is 0 Å². The van der Waals surface area contributed by atoms with E-state index in [4.69, 9.17) is 0 Å². The Kier molecular flexibility index (Phi) is 9.45. The largest absolute Gasteiger partial charge is 0.468 e. The van der Waals surface area contributed by atoms with Crippen LogP contribution in [0.4, 0.5) is 5.00 Å². The molecule has 1 fully saturated rings. The van der Waals surface area contributed by atoms with Crippen LogP contribution in [0.25, 0.3) is 0 Å². The first-order valence-electron chi connectivity index (χ1n) is 10.6. The molecule has 0 radical (unpaired) electrons. The fourth-order valence-electron chi connectivity index (χ4n) is 3.83. The van der Waals surface area contributed by atoms with Crippen molar-refractivity contribution in [3.8, 4) is 0 Å². The molecule has 6 heteroatoms. The second-order valence-corrected chi connectivity index (χ2v) is 9.28. The Labute approximate surface area is 173 Å². The molecule has 0 bridgehead atoms. The van der Waals surface area contributed by atoms with Crippen molar-refractivity contribution in [3.05, 3.63) is 16.0 Å². The van der Waals surface area contributed by atoms with E-state index in [1.807, 2.05) is 11.3 Å². The average Bonchev–Trinajstić information content (AvgIpc) is 2.97. The molecule has 2 heterocycles. The lowest BCUT2D eigenvalue weighted by Crippen LogP contribution is -2.35. The van der Waals surface area contributed by atoms with Crippen LogP contribution in [0.5, 0.6) is 0 Å². The Morgan fingerprint density at radius 2 is 1.96 bits per heavy atom. The number of carbonyl (C=O) groups excluding carboxylic acids is 2. The number of nitrogens with zero attached hydrogens (tertiary/aromatic N) is 1. The number of ether oxygens (including phenoxy) is 1. The molecule has 0 saturated carbocycles. The average molecular weight is 409 g/mol. The van der Waals surface area contributed by atoms with Crippen LogP contribution in [-0.4, -0.2) is 43.5 Å². The van der Waals surface area contributed by atoms with Gasteiger partial charge in [0, 0.05) is 17.8 Å². The summed E-state index contributed by atoms with van der Waals surface area (Å²) in [6, 6.07) is 0. The quantitative estimate of drug-likeness (QED) is 0.708. The molecule has 1 N–H and O–H groups in total. The minimum Gasteiger partial charge on any atom is -0.468 e. The molecule has 1 saturated heterocycles. The maximum atomic E-state index is 12.3. The molecule has 0 aromatic carbocycles. The predicted molar refractivity (Wildman–Crippen MR) is 116 cm³/mol. The minimum absolute atomic E-state index is 0.179. The second kappa shape index (κ2) is 11.6. The molecule has 2 aliphatic rings. The number of piperidine rings is 1. The number of fused-ring (bicyclic) bond motifs is 1. The van der Waals surface area contributed by atoms with Gasteiger partial charge in [-0.3, -0.25) is 9.59 Å². The normalized spacial score (nSPS) is 19.9. The van der Waals surface area contributed by atoms with Crippen molar-refractivity contribution >= 4 is 28.7 Å². The van der Waals surface area contributed by atoms with Crippen LogP contribution in [-0.2, 0) is 27.2 Å². The highest BCUT2D eigenvalue weighted by atomic mass is 32.1. The van der Waals surface area contributed by atoms with Gasteiger partial charge in [0.25, 0.3) is 6.47 Å². The van der Waals surface area contributed by atoms with Gasteiger partial charge in [0.2, 0.25) is 5.91 Å². The standard InChI is InChI=1S/C19H30N2OS.C3H6O2/c1-13-6-9-21(10-7-13)11-8-18(22)20-19-15(3)16-5-4-14(2)12-17(16)23-19;1-2-5-3-4/h13-14H,4-12H2,1-3H3,(H,20,22);3H,2H2,1H3. The van der Waals surface area contributed by atoms with Gasteiger partial charge in [-0.1, -0.05) is 13.8 Å². The van der Waals surface area contributed by atoms with Gasteiger partial charge in [0.05, 0.1) is 11.6 Å². The Morgan fingerprint density at radius 3 is 2.57 bits per heavy atom. The molecule has 1 atom stereocenters. The number of nitrogens with one attached hydrogen (secondary N) is 1. The monoisotopic (exact) mass is 408 g/mol. The zero-order valence-corrected chi connectivity index (χ0v) is 18.7. The molecule has 1 aliphatic carbocycles. The van der Waals surface area contributed by atoms with Crippen LogP contribution in [0.2, 0.25) is 0 Å². The van der Waals surface area contributed by atoms with Crippen LogP contribution >= 0.6 is 11.3 Å². The molecule has 158 valence electrons. The van der Waals surface area contributed by atoms with Crippen LogP contribution < -0.4 is 5.32 Å². The highest BCUT2D eigenvalue weighted by Gasteiger charge is 2.22. The number of hydrogen-bond donors (Lipinski definition) is 1.